The summed E-state index contributed by atoms with van der Waals surface area (Å²) in [5, 5.41) is 4.16. The summed E-state index contributed by atoms with van der Waals surface area (Å²) >= 11 is 2.00. The Morgan fingerprint density at radius 3 is 2.62 bits per heavy atom. The van der Waals surface area contributed by atoms with E-state index in [0.717, 1.165) is 11.7 Å². The van der Waals surface area contributed by atoms with Crippen LogP contribution in [0, 0.1) is 11.3 Å². The Bertz CT molecular complexity index is 455. The van der Waals surface area contributed by atoms with E-state index in [1.807, 2.05) is 17.8 Å². The molecule has 118 valence electrons. The fraction of sp³-hybridized carbons (Fsp3) is 0.667. The minimum atomic E-state index is 0.409. The molecule has 3 atom stereocenters. The van der Waals surface area contributed by atoms with E-state index in [2.05, 4.69) is 51.3 Å². The molecule has 0 radical (unpaired) electrons. The molecule has 1 N–H and O–H groups in total. The van der Waals surface area contributed by atoms with Crippen molar-refractivity contribution in [3.63, 3.8) is 0 Å². The van der Waals surface area contributed by atoms with E-state index in [4.69, 9.17) is 4.74 Å². The Hall–Kier alpha value is -0.670. The Morgan fingerprint density at radius 2 is 2.00 bits per heavy atom. The Kier molecular flexibility index (Phi) is 5.61. The molecule has 1 aliphatic carbocycles. The zero-order chi connectivity index (χ0) is 15.5. The Balaban J connectivity index is 2.10. The van der Waals surface area contributed by atoms with Gasteiger partial charge in [0.25, 0.3) is 0 Å². The van der Waals surface area contributed by atoms with Crippen molar-refractivity contribution in [1.82, 2.24) is 5.32 Å². The minimum absolute atomic E-state index is 0.409. The van der Waals surface area contributed by atoms with E-state index in [1.54, 1.807) is 7.11 Å². The molecule has 3 heteroatoms. The molecule has 21 heavy (non-hydrogen) atoms. The zero-order valence-corrected chi connectivity index (χ0v) is 14.8. The lowest BCUT2D eigenvalue weighted by Crippen LogP contribution is -2.43. The van der Waals surface area contributed by atoms with Crippen molar-refractivity contribution in [3.8, 4) is 5.75 Å². The highest BCUT2D eigenvalue weighted by molar-refractivity contribution is 8.00. The zero-order valence-electron chi connectivity index (χ0n) is 14.0. The first-order chi connectivity index (χ1) is 9.94. The molecule has 3 unspecified atom stereocenters. The molecule has 0 spiro atoms. The Morgan fingerprint density at radius 1 is 1.24 bits per heavy atom. The summed E-state index contributed by atoms with van der Waals surface area (Å²) in [4.78, 5) is 1.31. The predicted octanol–water partition coefficient (Wildman–Crippen LogP) is 4.59. The van der Waals surface area contributed by atoms with Crippen LogP contribution in [0.15, 0.2) is 29.2 Å². The monoisotopic (exact) mass is 307 g/mol. The van der Waals surface area contributed by atoms with Crippen molar-refractivity contribution in [2.24, 2.45) is 11.3 Å². The van der Waals surface area contributed by atoms with Crippen LogP contribution in [0.3, 0.4) is 0 Å². The molecule has 1 aromatic rings. The summed E-state index contributed by atoms with van der Waals surface area (Å²) in [6.45, 7) is 7.14. The third kappa shape index (κ3) is 4.40. The molecular weight excluding hydrogens is 278 g/mol. The smallest absolute Gasteiger partial charge is 0.119 e. The second-order valence-corrected chi connectivity index (χ2v) is 8.42. The average molecular weight is 308 g/mol. The maximum absolute atomic E-state index is 5.34. The summed E-state index contributed by atoms with van der Waals surface area (Å²) in [6, 6.07) is 9.05. The normalized spacial score (nSPS) is 26.6. The molecule has 1 fully saturated rings. The van der Waals surface area contributed by atoms with Crippen LogP contribution in [0.2, 0.25) is 0 Å². The highest BCUT2D eigenvalue weighted by Crippen LogP contribution is 2.43. The molecule has 1 aliphatic rings. The van der Waals surface area contributed by atoms with Crippen LogP contribution in [0.4, 0.5) is 0 Å². The molecule has 0 amide bonds. The number of hydrogen-bond donors (Lipinski definition) is 1. The van der Waals surface area contributed by atoms with Gasteiger partial charge in [-0.15, -0.1) is 11.8 Å². The summed E-state index contributed by atoms with van der Waals surface area (Å²) in [7, 11) is 3.83. The standard InChI is InChI=1S/C18H29NOS/c1-18(2,3)13-9-10-16(19-4)17(11-13)21-15-8-6-7-14(12-15)20-5/h6-8,12-13,16-17,19H,9-11H2,1-5H3. The van der Waals surface area contributed by atoms with E-state index >= 15 is 0 Å². The summed E-state index contributed by atoms with van der Waals surface area (Å²) in [5.41, 5.74) is 0.409. The second kappa shape index (κ2) is 7.06. The fourth-order valence-electron chi connectivity index (χ4n) is 3.23. The maximum atomic E-state index is 5.34. The first-order valence-electron chi connectivity index (χ1n) is 7.92. The van der Waals surface area contributed by atoms with Gasteiger partial charge in [-0.05, 0) is 55.8 Å². The van der Waals surface area contributed by atoms with Crippen molar-refractivity contribution >= 4 is 11.8 Å². The number of ether oxygens (including phenoxy) is 1. The fourth-order valence-corrected chi connectivity index (χ4v) is 4.68. The van der Waals surface area contributed by atoms with Crippen molar-refractivity contribution in [2.45, 2.75) is 56.2 Å². The van der Waals surface area contributed by atoms with E-state index in [9.17, 15) is 0 Å². The number of nitrogens with one attached hydrogen (secondary N) is 1. The summed E-state index contributed by atoms with van der Waals surface area (Å²) < 4.78 is 5.34. The van der Waals surface area contributed by atoms with Crippen LogP contribution in [-0.4, -0.2) is 25.4 Å². The van der Waals surface area contributed by atoms with Gasteiger partial charge < -0.3 is 10.1 Å². The quantitative estimate of drug-likeness (QED) is 0.879. The average Bonchev–Trinajstić information content (AvgIpc) is 2.46. The van der Waals surface area contributed by atoms with Gasteiger partial charge in [0.1, 0.15) is 5.75 Å². The SMILES string of the molecule is CNC1CCC(C(C)(C)C)CC1Sc1cccc(OC)c1. The lowest BCUT2D eigenvalue weighted by atomic mass is 9.71. The van der Waals surface area contributed by atoms with Crippen LogP contribution in [0.1, 0.15) is 40.0 Å². The van der Waals surface area contributed by atoms with E-state index in [0.29, 0.717) is 16.7 Å². The molecule has 0 saturated heterocycles. The first kappa shape index (κ1) is 16.7. The van der Waals surface area contributed by atoms with Gasteiger partial charge in [-0.3, -0.25) is 0 Å². The molecule has 1 saturated carbocycles. The van der Waals surface area contributed by atoms with Crippen molar-refractivity contribution in [3.05, 3.63) is 24.3 Å². The molecular formula is C18H29NOS. The third-order valence-corrected chi connectivity index (χ3v) is 6.07. The highest BCUT2D eigenvalue weighted by Gasteiger charge is 2.35. The van der Waals surface area contributed by atoms with Crippen molar-refractivity contribution in [1.29, 1.82) is 0 Å². The van der Waals surface area contributed by atoms with Gasteiger partial charge in [-0.25, -0.2) is 0 Å². The molecule has 1 aromatic carbocycles. The molecule has 2 rings (SSSR count). The van der Waals surface area contributed by atoms with Gasteiger partial charge in [-0.2, -0.15) is 0 Å². The van der Waals surface area contributed by atoms with E-state index in [-0.39, 0.29) is 0 Å². The van der Waals surface area contributed by atoms with E-state index < -0.39 is 0 Å². The predicted molar refractivity (Wildman–Crippen MR) is 92.3 cm³/mol. The highest BCUT2D eigenvalue weighted by atomic mass is 32.2. The number of thioether (sulfide) groups is 1. The largest absolute Gasteiger partial charge is 0.497 e. The second-order valence-electron chi connectivity index (χ2n) is 7.11. The van der Waals surface area contributed by atoms with Gasteiger partial charge in [0.2, 0.25) is 0 Å². The minimum Gasteiger partial charge on any atom is -0.497 e. The van der Waals surface area contributed by atoms with Crippen molar-refractivity contribution in [2.75, 3.05) is 14.2 Å². The molecule has 0 aliphatic heterocycles. The van der Waals surface area contributed by atoms with Gasteiger partial charge in [0, 0.05) is 16.2 Å². The molecule has 2 nitrogen and oxygen atoms in total. The molecule has 0 aromatic heterocycles. The number of benzene rings is 1. The van der Waals surface area contributed by atoms with Gasteiger partial charge in [0.05, 0.1) is 7.11 Å². The van der Waals surface area contributed by atoms with Crippen LogP contribution in [-0.2, 0) is 0 Å². The van der Waals surface area contributed by atoms with Crippen LogP contribution in [0.25, 0.3) is 0 Å². The summed E-state index contributed by atoms with van der Waals surface area (Å²) in [6.07, 6.45) is 3.90. The Labute approximate surface area is 134 Å². The van der Waals surface area contributed by atoms with Crippen LogP contribution >= 0.6 is 11.8 Å². The number of hydrogen-bond acceptors (Lipinski definition) is 3. The van der Waals surface area contributed by atoms with Gasteiger partial charge in [0.15, 0.2) is 0 Å². The molecule has 0 bridgehead atoms. The topological polar surface area (TPSA) is 21.3 Å². The van der Waals surface area contributed by atoms with E-state index in [1.165, 1.54) is 24.2 Å². The van der Waals surface area contributed by atoms with Gasteiger partial charge >= 0.3 is 0 Å². The molecule has 0 heterocycles. The van der Waals surface area contributed by atoms with Crippen LogP contribution < -0.4 is 10.1 Å². The van der Waals surface area contributed by atoms with Gasteiger partial charge in [-0.1, -0.05) is 26.8 Å². The lowest BCUT2D eigenvalue weighted by molar-refractivity contribution is 0.167. The first-order valence-corrected chi connectivity index (χ1v) is 8.80. The van der Waals surface area contributed by atoms with Crippen LogP contribution in [0.5, 0.6) is 5.75 Å². The maximum Gasteiger partial charge on any atom is 0.119 e. The lowest BCUT2D eigenvalue weighted by Gasteiger charge is -2.41. The summed E-state index contributed by atoms with van der Waals surface area (Å²) in [5.74, 6) is 1.76. The van der Waals surface area contributed by atoms with Crippen molar-refractivity contribution < 1.29 is 4.74 Å². The number of methoxy groups -OCH3 is 1. The number of rotatable bonds is 4. The third-order valence-electron chi connectivity index (χ3n) is 4.72.